The molecule has 0 atom stereocenters. The van der Waals surface area contributed by atoms with E-state index in [0.29, 0.717) is 27.7 Å². The molecule has 2 fully saturated rings. The highest BCUT2D eigenvalue weighted by Crippen LogP contribution is 2.40. The van der Waals surface area contributed by atoms with E-state index in [0.717, 1.165) is 75.6 Å². The van der Waals surface area contributed by atoms with Crippen molar-refractivity contribution >= 4 is 26.8 Å². The van der Waals surface area contributed by atoms with Crippen LogP contribution in [0.15, 0.2) is 72.4 Å². The van der Waals surface area contributed by atoms with Gasteiger partial charge in [0.25, 0.3) is 0 Å². The Morgan fingerprint density at radius 1 is 1.07 bits per heavy atom. The van der Waals surface area contributed by atoms with Gasteiger partial charge in [-0.15, -0.1) is 0 Å². The number of carbonyl (C=O) groups excluding carboxylic acids is 1. The summed E-state index contributed by atoms with van der Waals surface area (Å²) >= 11 is 0. The van der Waals surface area contributed by atoms with Gasteiger partial charge in [0.05, 0.1) is 10.6 Å². The number of aromatic amines is 1. The number of benzene rings is 2. The van der Waals surface area contributed by atoms with Crippen molar-refractivity contribution in [1.29, 1.82) is 0 Å². The lowest BCUT2D eigenvalue weighted by Crippen LogP contribution is -2.61. The number of H-pyrrole nitrogens is 1. The number of carbonyl (C=O) groups is 1. The van der Waals surface area contributed by atoms with Gasteiger partial charge in [0.2, 0.25) is 5.91 Å². The molecule has 8 nitrogen and oxygen atoms in total. The van der Waals surface area contributed by atoms with Crippen molar-refractivity contribution in [2.75, 3.05) is 39.0 Å². The highest BCUT2D eigenvalue weighted by Gasteiger charge is 2.45. The highest BCUT2D eigenvalue weighted by atomic mass is 32.2. The number of hydrogen-bond donors (Lipinski definition) is 1. The molecule has 0 saturated carbocycles. The molecule has 2 saturated heterocycles. The van der Waals surface area contributed by atoms with E-state index in [4.69, 9.17) is 0 Å². The first-order valence-corrected chi connectivity index (χ1v) is 15.6. The molecule has 2 aromatic heterocycles. The second-order valence-electron chi connectivity index (χ2n) is 11.3. The highest BCUT2D eigenvalue weighted by molar-refractivity contribution is 7.90. The van der Waals surface area contributed by atoms with E-state index in [9.17, 15) is 17.6 Å². The number of nitrogens with zero attached hydrogens (tertiary/aromatic N) is 4. The third kappa shape index (κ3) is 5.54. The van der Waals surface area contributed by atoms with Crippen LogP contribution < -0.4 is 0 Å². The Labute approximate surface area is 238 Å². The summed E-state index contributed by atoms with van der Waals surface area (Å²) in [7, 11) is -3.58. The Bertz CT molecular complexity index is 1730. The third-order valence-corrected chi connectivity index (χ3v) is 9.53. The number of nitrogens with one attached hydrogen (secondary N) is 1. The largest absolute Gasteiger partial charge is 0.339 e. The van der Waals surface area contributed by atoms with Crippen LogP contribution in [-0.4, -0.2) is 78.1 Å². The lowest BCUT2D eigenvalue weighted by Gasteiger charge is -2.53. The maximum Gasteiger partial charge on any atom is 0.245 e. The monoisotopic (exact) mass is 573 g/mol. The van der Waals surface area contributed by atoms with Crippen molar-refractivity contribution in [2.24, 2.45) is 5.41 Å². The number of halogens is 1. The van der Waals surface area contributed by atoms with E-state index in [1.165, 1.54) is 30.1 Å². The maximum atomic E-state index is 14.3. The summed E-state index contributed by atoms with van der Waals surface area (Å²) in [4.78, 5) is 28.1. The molecule has 212 valence electrons. The Balaban J connectivity index is 1.12. The van der Waals surface area contributed by atoms with Crippen molar-refractivity contribution in [3.8, 4) is 22.5 Å². The molecule has 4 aromatic rings. The van der Waals surface area contributed by atoms with Crippen molar-refractivity contribution in [1.82, 2.24) is 24.8 Å². The van der Waals surface area contributed by atoms with Gasteiger partial charge in [-0.2, -0.15) is 0 Å². The molecule has 1 spiro atoms. The molecule has 0 bridgehead atoms. The number of piperidine rings is 1. The van der Waals surface area contributed by atoms with E-state index < -0.39 is 15.7 Å². The summed E-state index contributed by atoms with van der Waals surface area (Å²) < 4.78 is 38.4. The first-order valence-electron chi connectivity index (χ1n) is 13.7. The van der Waals surface area contributed by atoms with Gasteiger partial charge in [-0.25, -0.2) is 22.8 Å². The van der Waals surface area contributed by atoms with Gasteiger partial charge in [-0.05, 0) is 73.8 Å². The van der Waals surface area contributed by atoms with Gasteiger partial charge in [-0.3, -0.25) is 4.79 Å². The third-order valence-electron chi connectivity index (χ3n) is 8.44. The normalized spacial score (nSPS) is 17.1. The number of hydrogen-bond acceptors (Lipinski definition) is 6. The zero-order valence-electron chi connectivity index (χ0n) is 22.9. The zero-order chi connectivity index (χ0) is 28.8. The lowest BCUT2D eigenvalue weighted by atomic mass is 9.72. The fourth-order valence-electron chi connectivity index (χ4n) is 5.99. The fraction of sp³-hybridized carbons (Fsp3) is 0.323. The Kier molecular flexibility index (Phi) is 6.99. The first-order chi connectivity index (χ1) is 19.6. The average molecular weight is 574 g/mol. The summed E-state index contributed by atoms with van der Waals surface area (Å²) in [6.07, 6.45) is 7.06. The average Bonchev–Trinajstić information content (AvgIpc) is 3.39. The van der Waals surface area contributed by atoms with Gasteiger partial charge in [0.15, 0.2) is 9.84 Å². The van der Waals surface area contributed by atoms with Gasteiger partial charge in [0.1, 0.15) is 17.8 Å². The van der Waals surface area contributed by atoms with Crippen LogP contribution in [0, 0.1) is 11.2 Å². The molecule has 4 heterocycles. The van der Waals surface area contributed by atoms with E-state index in [1.54, 1.807) is 0 Å². The van der Waals surface area contributed by atoms with Crippen LogP contribution in [-0.2, 0) is 21.1 Å². The van der Waals surface area contributed by atoms with Crippen LogP contribution in [0.1, 0.15) is 18.4 Å². The second kappa shape index (κ2) is 10.5. The van der Waals surface area contributed by atoms with Crippen LogP contribution >= 0.6 is 0 Å². The summed E-state index contributed by atoms with van der Waals surface area (Å²) in [6, 6.07) is 14.1. The predicted octanol–water partition coefficient (Wildman–Crippen LogP) is 4.49. The standard InChI is InChI=1S/C31H32FN5O3S/c1-3-28(38)37-18-31(19-37)9-12-36(13-10-31)11-8-21-4-6-22(7-5-21)27-17-26-29(33-20-34-30(26)35-27)23-14-24(32)16-25(15-23)41(2,39)40/h3-7,14-17,20H,1,8-13,18-19H2,2H3,(H,33,34,35). The second-order valence-corrected chi connectivity index (χ2v) is 13.3. The van der Waals surface area contributed by atoms with Crippen molar-refractivity contribution in [3.05, 3.63) is 78.9 Å². The summed E-state index contributed by atoms with van der Waals surface area (Å²) in [5, 5.41) is 0.683. The Hall–Kier alpha value is -3.89. The quantitative estimate of drug-likeness (QED) is 0.327. The van der Waals surface area contributed by atoms with Gasteiger partial charge < -0.3 is 14.8 Å². The molecule has 6 rings (SSSR count). The molecular formula is C31H32FN5O3S. The minimum Gasteiger partial charge on any atom is -0.339 e. The van der Waals surface area contributed by atoms with Crippen LogP contribution in [0.25, 0.3) is 33.5 Å². The molecule has 2 aliphatic rings. The van der Waals surface area contributed by atoms with E-state index in [2.05, 4.69) is 50.7 Å². The summed E-state index contributed by atoms with van der Waals surface area (Å²) in [5.74, 6) is -0.600. The molecule has 1 N–H and O–H groups in total. The molecule has 1 amide bonds. The minimum absolute atomic E-state index is 0.0390. The summed E-state index contributed by atoms with van der Waals surface area (Å²) in [6.45, 7) is 8.42. The number of likely N-dealkylation sites (tertiary alicyclic amines) is 2. The van der Waals surface area contributed by atoms with E-state index >= 15 is 0 Å². The number of sulfone groups is 1. The zero-order valence-corrected chi connectivity index (χ0v) is 23.8. The van der Waals surface area contributed by atoms with Crippen molar-refractivity contribution in [2.45, 2.75) is 24.2 Å². The van der Waals surface area contributed by atoms with E-state index in [1.807, 2.05) is 11.0 Å². The Morgan fingerprint density at radius 3 is 2.49 bits per heavy atom. The number of rotatable bonds is 7. The molecule has 0 unspecified atom stereocenters. The summed E-state index contributed by atoms with van der Waals surface area (Å²) in [5.41, 5.74) is 4.81. The van der Waals surface area contributed by atoms with Crippen LogP contribution in [0.4, 0.5) is 4.39 Å². The molecule has 2 aromatic carbocycles. The number of amides is 1. The minimum atomic E-state index is -3.58. The first kappa shape index (κ1) is 27.3. The van der Waals surface area contributed by atoms with Gasteiger partial charge in [-0.1, -0.05) is 30.8 Å². The van der Waals surface area contributed by atoms with Gasteiger partial charge in [0, 0.05) is 47.9 Å². The van der Waals surface area contributed by atoms with Crippen LogP contribution in [0.3, 0.4) is 0 Å². The van der Waals surface area contributed by atoms with Crippen LogP contribution in [0.5, 0.6) is 0 Å². The maximum absolute atomic E-state index is 14.3. The lowest BCUT2D eigenvalue weighted by molar-refractivity contribution is -0.141. The van der Waals surface area contributed by atoms with Crippen LogP contribution in [0.2, 0.25) is 0 Å². The fourth-order valence-corrected chi connectivity index (χ4v) is 6.66. The molecule has 10 heteroatoms. The molecule has 41 heavy (non-hydrogen) atoms. The Morgan fingerprint density at radius 2 is 1.80 bits per heavy atom. The molecule has 2 aliphatic heterocycles. The topological polar surface area (TPSA) is 99.3 Å². The molecular weight excluding hydrogens is 541 g/mol. The smallest absolute Gasteiger partial charge is 0.245 e. The molecule has 0 radical (unpaired) electrons. The van der Waals surface area contributed by atoms with Gasteiger partial charge >= 0.3 is 0 Å². The SMILES string of the molecule is C=CC(=O)N1CC2(CCN(CCc3ccc(-c4cc5c(-c6cc(F)cc(S(C)(=O)=O)c6)ncnc5[nH]4)cc3)CC2)C1. The number of aromatic nitrogens is 3. The predicted molar refractivity (Wildman–Crippen MR) is 156 cm³/mol. The number of fused-ring (bicyclic) bond motifs is 1. The van der Waals surface area contributed by atoms with E-state index in [-0.39, 0.29) is 10.8 Å². The molecule has 0 aliphatic carbocycles. The van der Waals surface area contributed by atoms with Crippen molar-refractivity contribution in [3.63, 3.8) is 0 Å². The van der Waals surface area contributed by atoms with Crippen molar-refractivity contribution < 1.29 is 17.6 Å².